The summed E-state index contributed by atoms with van der Waals surface area (Å²) >= 11 is 0. The molecular formula is C11H10ClNO3. The Kier molecular flexibility index (Phi) is 3.58. The van der Waals surface area contributed by atoms with Crippen molar-refractivity contribution in [3.05, 3.63) is 42.7 Å². The Morgan fingerprint density at radius 3 is 2.31 bits per heavy atom. The topological polar surface area (TPSA) is 64.6 Å². The van der Waals surface area contributed by atoms with E-state index in [0.29, 0.717) is 5.69 Å². The van der Waals surface area contributed by atoms with Gasteiger partial charge in [-0.3, -0.25) is 0 Å². The van der Waals surface area contributed by atoms with Crippen molar-refractivity contribution >= 4 is 0 Å². The maximum atomic E-state index is 9.30. The number of benzene rings is 1. The maximum absolute atomic E-state index is 9.30. The molecule has 0 aliphatic carbocycles. The molecule has 0 unspecified atom stereocenters. The molecule has 2 aromatic rings. The van der Waals surface area contributed by atoms with Crippen molar-refractivity contribution in [2.45, 2.75) is 0 Å². The fourth-order valence-electron chi connectivity index (χ4n) is 1.30. The third-order valence-corrected chi connectivity index (χ3v) is 2.04. The van der Waals surface area contributed by atoms with E-state index in [0.717, 1.165) is 0 Å². The molecule has 0 spiro atoms. The van der Waals surface area contributed by atoms with Crippen LogP contribution in [0.15, 0.2) is 42.7 Å². The van der Waals surface area contributed by atoms with Gasteiger partial charge in [-0.25, -0.2) is 0 Å². The van der Waals surface area contributed by atoms with Crippen molar-refractivity contribution in [2.24, 2.45) is 0 Å². The summed E-state index contributed by atoms with van der Waals surface area (Å²) in [5.74, 6) is -0.229. The Balaban J connectivity index is 0.00000128. The lowest BCUT2D eigenvalue weighted by atomic mass is 10.2. The number of nitrogens with zero attached hydrogens (tertiary/aromatic N) is 1. The molecule has 0 saturated heterocycles. The third-order valence-electron chi connectivity index (χ3n) is 2.04. The molecule has 0 fully saturated rings. The highest BCUT2D eigenvalue weighted by atomic mass is 35.5. The molecule has 16 heavy (non-hydrogen) atoms. The van der Waals surface area contributed by atoms with Crippen LogP contribution < -0.4 is 17.0 Å². The van der Waals surface area contributed by atoms with E-state index >= 15 is 0 Å². The van der Waals surface area contributed by atoms with E-state index in [9.17, 15) is 10.2 Å². The lowest BCUT2D eigenvalue weighted by Gasteiger charge is -1.98. The molecular weight excluding hydrogens is 230 g/mol. The number of rotatable bonds is 1. The average Bonchev–Trinajstić information content (AvgIpc) is 2.22. The minimum absolute atomic E-state index is 0. The van der Waals surface area contributed by atoms with Gasteiger partial charge in [0.15, 0.2) is 23.4 Å². The SMILES string of the molecule is Oc1ccc[n+](-c2ccc(O)c(O)c2)c1.[Cl-]. The Hall–Kier alpha value is -1.94. The number of phenols is 2. The molecule has 0 atom stereocenters. The first-order valence-electron chi connectivity index (χ1n) is 4.39. The van der Waals surface area contributed by atoms with Crippen molar-refractivity contribution in [1.29, 1.82) is 0 Å². The van der Waals surface area contributed by atoms with Crippen LogP contribution in [0, 0.1) is 0 Å². The number of phenolic OH excluding ortho intramolecular Hbond substituents is 2. The zero-order chi connectivity index (χ0) is 10.8. The van der Waals surface area contributed by atoms with Gasteiger partial charge in [0.2, 0.25) is 11.9 Å². The zero-order valence-electron chi connectivity index (χ0n) is 8.21. The summed E-state index contributed by atoms with van der Waals surface area (Å²) in [7, 11) is 0. The van der Waals surface area contributed by atoms with Gasteiger partial charge in [-0.15, -0.1) is 0 Å². The van der Waals surface area contributed by atoms with E-state index in [4.69, 9.17) is 5.11 Å². The van der Waals surface area contributed by atoms with E-state index < -0.39 is 0 Å². The fraction of sp³-hybridized carbons (Fsp3) is 0. The van der Waals surface area contributed by atoms with Gasteiger partial charge in [0.1, 0.15) is 0 Å². The van der Waals surface area contributed by atoms with Crippen molar-refractivity contribution in [3.63, 3.8) is 0 Å². The summed E-state index contributed by atoms with van der Waals surface area (Å²) in [6.45, 7) is 0. The minimum Gasteiger partial charge on any atom is -1.00 e. The monoisotopic (exact) mass is 239 g/mol. The molecule has 0 aliphatic heterocycles. The molecule has 1 aromatic carbocycles. The molecule has 1 heterocycles. The van der Waals surface area contributed by atoms with Crippen molar-refractivity contribution in [2.75, 3.05) is 0 Å². The van der Waals surface area contributed by atoms with Crippen LogP contribution in [-0.4, -0.2) is 15.3 Å². The first-order valence-corrected chi connectivity index (χ1v) is 4.39. The van der Waals surface area contributed by atoms with Crippen LogP contribution in [-0.2, 0) is 0 Å². The summed E-state index contributed by atoms with van der Waals surface area (Å²) in [5.41, 5.74) is 0.654. The van der Waals surface area contributed by atoms with E-state index in [-0.39, 0.29) is 29.7 Å². The molecule has 0 bridgehead atoms. The Bertz CT molecular complexity index is 502. The number of halogens is 1. The predicted octanol–water partition coefficient (Wildman–Crippen LogP) is -1.92. The second-order valence-corrected chi connectivity index (χ2v) is 3.14. The van der Waals surface area contributed by atoms with Crippen molar-refractivity contribution in [3.8, 4) is 22.9 Å². The molecule has 84 valence electrons. The van der Waals surface area contributed by atoms with Crippen LogP contribution in [0.2, 0.25) is 0 Å². The van der Waals surface area contributed by atoms with Crippen LogP contribution in [0.4, 0.5) is 0 Å². The second kappa shape index (κ2) is 4.72. The molecule has 0 amide bonds. The first kappa shape index (κ1) is 12.1. The molecule has 1 aromatic heterocycles. The number of pyridine rings is 1. The predicted molar refractivity (Wildman–Crippen MR) is 53.0 cm³/mol. The van der Waals surface area contributed by atoms with E-state index in [2.05, 4.69) is 0 Å². The summed E-state index contributed by atoms with van der Waals surface area (Å²) < 4.78 is 1.63. The van der Waals surface area contributed by atoms with Crippen molar-refractivity contribution in [1.82, 2.24) is 0 Å². The van der Waals surface area contributed by atoms with Gasteiger partial charge >= 0.3 is 0 Å². The molecule has 0 aliphatic rings. The molecule has 0 saturated carbocycles. The molecule has 4 nitrogen and oxygen atoms in total. The Labute approximate surface area is 98.5 Å². The summed E-state index contributed by atoms with van der Waals surface area (Å²) in [5, 5.41) is 27.7. The highest BCUT2D eigenvalue weighted by Gasteiger charge is 2.09. The quantitative estimate of drug-likeness (QED) is 0.402. The molecule has 0 radical (unpaired) electrons. The van der Waals surface area contributed by atoms with Crippen LogP contribution in [0.5, 0.6) is 17.2 Å². The number of aromatic nitrogens is 1. The highest BCUT2D eigenvalue weighted by molar-refractivity contribution is 5.43. The van der Waals surface area contributed by atoms with Crippen LogP contribution in [0.3, 0.4) is 0 Å². The standard InChI is InChI=1S/C11H9NO3.ClH/c13-9-2-1-5-12(7-9)8-3-4-10(14)11(15)6-8;/h1-7H,(H2-,13,14,15);1H. The van der Waals surface area contributed by atoms with Crippen LogP contribution in [0.25, 0.3) is 5.69 Å². The number of hydrogen-bond acceptors (Lipinski definition) is 3. The van der Waals surface area contributed by atoms with Gasteiger partial charge in [-0.05, 0) is 12.1 Å². The van der Waals surface area contributed by atoms with E-state index in [1.807, 2.05) is 0 Å². The number of aromatic hydroxyl groups is 3. The summed E-state index contributed by atoms with van der Waals surface area (Å²) in [6, 6.07) is 7.67. The lowest BCUT2D eigenvalue weighted by molar-refractivity contribution is -0.596. The van der Waals surface area contributed by atoms with Crippen LogP contribution in [0.1, 0.15) is 0 Å². The van der Waals surface area contributed by atoms with E-state index in [1.165, 1.54) is 18.3 Å². The average molecular weight is 240 g/mol. The normalized spacial score (nSPS) is 9.50. The maximum Gasteiger partial charge on any atom is 0.216 e. The largest absolute Gasteiger partial charge is 1.00 e. The number of hydrogen-bond donors (Lipinski definition) is 3. The Morgan fingerprint density at radius 2 is 1.69 bits per heavy atom. The Morgan fingerprint density at radius 1 is 0.938 bits per heavy atom. The molecule has 3 N–H and O–H groups in total. The van der Waals surface area contributed by atoms with Gasteiger partial charge in [0.25, 0.3) is 0 Å². The molecule has 5 heteroatoms. The minimum atomic E-state index is -0.191. The highest BCUT2D eigenvalue weighted by Crippen LogP contribution is 2.24. The van der Waals surface area contributed by atoms with Gasteiger partial charge in [-0.2, -0.15) is 4.57 Å². The fourth-order valence-corrected chi connectivity index (χ4v) is 1.30. The van der Waals surface area contributed by atoms with Gasteiger partial charge in [-0.1, -0.05) is 0 Å². The third kappa shape index (κ3) is 2.35. The summed E-state index contributed by atoms with van der Waals surface area (Å²) in [6.07, 6.45) is 3.23. The summed E-state index contributed by atoms with van der Waals surface area (Å²) in [4.78, 5) is 0. The molecule has 2 rings (SSSR count). The van der Waals surface area contributed by atoms with Crippen molar-refractivity contribution < 1.29 is 32.3 Å². The van der Waals surface area contributed by atoms with E-state index in [1.54, 1.807) is 29.0 Å². The van der Waals surface area contributed by atoms with Crippen LogP contribution >= 0.6 is 0 Å². The smallest absolute Gasteiger partial charge is 0.216 e. The first-order chi connectivity index (χ1) is 7.16. The van der Waals surface area contributed by atoms with Gasteiger partial charge < -0.3 is 27.7 Å². The second-order valence-electron chi connectivity index (χ2n) is 3.14. The lowest BCUT2D eigenvalue weighted by Crippen LogP contribution is -3.00. The van der Waals surface area contributed by atoms with Gasteiger partial charge in [0.05, 0.1) is 6.07 Å². The zero-order valence-corrected chi connectivity index (χ0v) is 8.96. The van der Waals surface area contributed by atoms with Gasteiger partial charge in [0, 0.05) is 12.1 Å².